The Morgan fingerprint density at radius 3 is 2.27 bits per heavy atom. The summed E-state index contributed by atoms with van der Waals surface area (Å²) >= 11 is 1.35. The zero-order valence-corrected chi connectivity index (χ0v) is 23.7. The number of hydrogen-bond donors (Lipinski definition) is 3. The number of amides is 3. The lowest BCUT2D eigenvalue weighted by atomic mass is 10.1. The van der Waals surface area contributed by atoms with Crippen molar-refractivity contribution >= 4 is 46.9 Å². The van der Waals surface area contributed by atoms with Gasteiger partial charge in [-0.15, -0.1) is 11.8 Å². The van der Waals surface area contributed by atoms with E-state index in [1.54, 1.807) is 60.7 Å². The third-order valence-corrected chi connectivity index (χ3v) is 6.92. The van der Waals surface area contributed by atoms with E-state index < -0.39 is 5.91 Å². The fourth-order valence-corrected chi connectivity index (χ4v) is 4.61. The first-order valence-corrected chi connectivity index (χ1v) is 14.1. The molecular formula is C33H31N3O4S. The van der Waals surface area contributed by atoms with Gasteiger partial charge in [-0.05, 0) is 85.6 Å². The molecule has 3 N–H and O–H groups in total. The zero-order valence-electron chi connectivity index (χ0n) is 22.8. The predicted molar refractivity (Wildman–Crippen MR) is 165 cm³/mol. The number of hydrogen-bond acceptors (Lipinski definition) is 5. The van der Waals surface area contributed by atoms with Gasteiger partial charge in [0, 0.05) is 21.8 Å². The summed E-state index contributed by atoms with van der Waals surface area (Å²) in [7, 11) is 0. The maximum absolute atomic E-state index is 13.4. The van der Waals surface area contributed by atoms with Crippen molar-refractivity contribution < 1.29 is 19.1 Å². The summed E-state index contributed by atoms with van der Waals surface area (Å²) in [6.07, 6.45) is 1.66. The van der Waals surface area contributed by atoms with Crippen LogP contribution < -0.4 is 20.7 Å². The van der Waals surface area contributed by atoms with Crippen molar-refractivity contribution in [1.29, 1.82) is 0 Å². The highest BCUT2D eigenvalue weighted by Gasteiger charge is 2.16. The fraction of sp³-hybridized carbons (Fsp3) is 0.121. The van der Waals surface area contributed by atoms with E-state index in [0.29, 0.717) is 23.5 Å². The third-order valence-electron chi connectivity index (χ3n) is 5.93. The smallest absolute Gasteiger partial charge is 0.272 e. The first-order valence-electron chi connectivity index (χ1n) is 13.1. The van der Waals surface area contributed by atoms with Crippen LogP contribution in [0.15, 0.2) is 114 Å². The molecule has 0 aliphatic carbocycles. The molecule has 4 aromatic rings. The highest BCUT2D eigenvalue weighted by atomic mass is 32.2. The van der Waals surface area contributed by atoms with Gasteiger partial charge in [0.05, 0.1) is 12.4 Å². The standard InChI is InChI=1S/C33H31N3O4S/c1-3-40-28-18-16-26(17-19-28)34-31(37)22-41-29-15-9-14-27(21-29)35-33(39)30(20-25-13-8-7-10-23(25)2)36-32(38)24-11-5-4-6-12-24/h4-21H,3,22H2,1-2H3,(H,34,37)(H,35,39)(H,36,38)/b30-20-. The van der Waals surface area contributed by atoms with Crippen molar-refractivity contribution in [3.8, 4) is 5.75 Å². The van der Waals surface area contributed by atoms with Crippen LogP contribution in [0.4, 0.5) is 11.4 Å². The van der Waals surface area contributed by atoms with Crippen LogP contribution in [0.3, 0.4) is 0 Å². The van der Waals surface area contributed by atoms with E-state index >= 15 is 0 Å². The van der Waals surface area contributed by atoms with Gasteiger partial charge in [0.15, 0.2) is 0 Å². The van der Waals surface area contributed by atoms with Crippen LogP contribution in [0.2, 0.25) is 0 Å². The highest BCUT2D eigenvalue weighted by Crippen LogP contribution is 2.23. The normalized spacial score (nSPS) is 10.9. The summed E-state index contributed by atoms with van der Waals surface area (Å²) in [5.41, 5.74) is 3.56. The lowest BCUT2D eigenvalue weighted by Gasteiger charge is -2.13. The van der Waals surface area contributed by atoms with Crippen LogP contribution in [0.25, 0.3) is 6.08 Å². The molecule has 0 aliphatic rings. The van der Waals surface area contributed by atoms with Gasteiger partial charge in [-0.1, -0.05) is 48.5 Å². The molecule has 0 saturated heterocycles. The van der Waals surface area contributed by atoms with E-state index in [0.717, 1.165) is 21.8 Å². The minimum absolute atomic E-state index is 0.112. The van der Waals surface area contributed by atoms with Gasteiger partial charge in [0.1, 0.15) is 11.4 Å². The van der Waals surface area contributed by atoms with Crippen molar-refractivity contribution in [2.45, 2.75) is 18.7 Å². The molecule has 4 rings (SSSR count). The van der Waals surface area contributed by atoms with Crippen molar-refractivity contribution in [2.75, 3.05) is 23.0 Å². The molecule has 7 nitrogen and oxygen atoms in total. The summed E-state index contributed by atoms with van der Waals surface area (Å²) < 4.78 is 5.43. The van der Waals surface area contributed by atoms with Crippen molar-refractivity contribution in [2.24, 2.45) is 0 Å². The lowest BCUT2D eigenvalue weighted by Crippen LogP contribution is -2.30. The Balaban J connectivity index is 1.42. The van der Waals surface area contributed by atoms with Crippen molar-refractivity contribution in [3.63, 3.8) is 0 Å². The van der Waals surface area contributed by atoms with E-state index in [1.807, 2.05) is 62.4 Å². The van der Waals surface area contributed by atoms with Crippen molar-refractivity contribution in [1.82, 2.24) is 5.32 Å². The molecule has 0 fully saturated rings. The molecule has 0 radical (unpaired) electrons. The molecule has 0 heterocycles. The molecule has 8 heteroatoms. The molecule has 0 aromatic heterocycles. The molecule has 208 valence electrons. The van der Waals surface area contributed by atoms with E-state index in [2.05, 4.69) is 16.0 Å². The molecule has 0 spiro atoms. The van der Waals surface area contributed by atoms with Crippen LogP contribution in [0.1, 0.15) is 28.4 Å². The maximum Gasteiger partial charge on any atom is 0.272 e. The highest BCUT2D eigenvalue weighted by molar-refractivity contribution is 8.00. The number of carbonyl (C=O) groups is 3. The zero-order chi connectivity index (χ0) is 29.0. The van der Waals surface area contributed by atoms with Crippen LogP contribution >= 0.6 is 11.8 Å². The Labute approximate surface area is 244 Å². The Morgan fingerprint density at radius 2 is 1.54 bits per heavy atom. The minimum atomic E-state index is -0.465. The summed E-state index contributed by atoms with van der Waals surface area (Å²) in [5, 5.41) is 8.51. The van der Waals surface area contributed by atoms with Gasteiger partial charge in [0.25, 0.3) is 11.8 Å². The second kappa shape index (κ2) is 14.5. The van der Waals surface area contributed by atoms with Crippen molar-refractivity contribution in [3.05, 3.63) is 126 Å². The summed E-state index contributed by atoms with van der Waals surface area (Å²) in [5.74, 6) is -0.0665. The Kier molecular flexibility index (Phi) is 10.3. The number of ether oxygens (including phenoxy) is 1. The van der Waals surface area contributed by atoms with Gasteiger partial charge in [0.2, 0.25) is 5.91 Å². The average Bonchev–Trinajstić information content (AvgIpc) is 2.98. The topological polar surface area (TPSA) is 96.5 Å². The van der Waals surface area contributed by atoms with Gasteiger partial charge in [-0.3, -0.25) is 14.4 Å². The van der Waals surface area contributed by atoms with Gasteiger partial charge < -0.3 is 20.7 Å². The molecule has 0 unspecified atom stereocenters. The molecule has 4 aromatic carbocycles. The Bertz CT molecular complexity index is 1540. The van der Waals surface area contributed by atoms with E-state index in [9.17, 15) is 14.4 Å². The first kappa shape index (κ1) is 29.2. The van der Waals surface area contributed by atoms with E-state index in [1.165, 1.54) is 11.8 Å². The van der Waals surface area contributed by atoms with E-state index in [4.69, 9.17) is 4.74 Å². The first-order chi connectivity index (χ1) is 19.9. The average molecular weight is 566 g/mol. The summed E-state index contributed by atoms with van der Waals surface area (Å²) in [6.45, 7) is 4.43. The quantitative estimate of drug-likeness (QED) is 0.142. The van der Waals surface area contributed by atoms with Gasteiger partial charge in [-0.25, -0.2) is 0 Å². The van der Waals surface area contributed by atoms with Crippen LogP contribution in [0.5, 0.6) is 5.75 Å². The maximum atomic E-state index is 13.4. The third kappa shape index (κ3) is 8.84. The summed E-state index contributed by atoms with van der Waals surface area (Å²) in [6, 6.07) is 30.7. The second-order valence-corrected chi connectivity index (χ2v) is 10.1. The van der Waals surface area contributed by atoms with Crippen LogP contribution in [-0.2, 0) is 9.59 Å². The number of aryl methyl sites for hydroxylation is 1. The Morgan fingerprint density at radius 1 is 0.805 bits per heavy atom. The van der Waals surface area contributed by atoms with E-state index in [-0.39, 0.29) is 23.3 Å². The van der Waals surface area contributed by atoms with Gasteiger partial charge >= 0.3 is 0 Å². The lowest BCUT2D eigenvalue weighted by molar-refractivity contribution is -0.114. The second-order valence-electron chi connectivity index (χ2n) is 9.01. The molecule has 0 saturated carbocycles. The number of anilines is 2. The largest absolute Gasteiger partial charge is 0.494 e. The van der Waals surface area contributed by atoms with Gasteiger partial charge in [-0.2, -0.15) is 0 Å². The predicted octanol–water partition coefficient (Wildman–Crippen LogP) is 6.53. The molecule has 41 heavy (non-hydrogen) atoms. The molecule has 0 aliphatic heterocycles. The fourth-order valence-electron chi connectivity index (χ4n) is 3.86. The molecule has 0 atom stereocenters. The molecule has 3 amide bonds. The monoisotopic (exact) mass is 565 g/mol. The number of rotatable bonds is 11. The molecular weight excluding hydrogens is 534 g/mol. The minimum Gasteiger partial charge on any atom is -0.494 e. The number of benzene rings is 4. The van der Waals surface area contributed by atoms with Crippen LogP contribution in [-0.4, -0.2) is 30.1 Å². The Hall–Kier alpha value is -4.82. The molecule has 0 bridgehead atoms. The summed E-state index contributed by atoms with van der Waals surface area (Å²) in [4.78, 5) is 39.6. The number of carbonyl (C=O) groups excluding carboxylic acids is 3. The number of nitrogens with one attached hydrogen (secondary N) is 3. The SMILES string of the molecule is CCOc1ccc(NC(=O)CSc2cccc(NC(=O)/C(=C/c3ccccc3C)NC(=O)c3ccccc3)c2)cc1. The number of thioether (sulfide) groups is 1. The van der Waals surface area contributed by atoms with Crippen LogP contribution in [0, 0.1) is 6.92 Å².